The highest BCUT2D eigenvalue weighted by Crippen LogP contribution is 2.40. The average Bonchev–Trinajstić information content (AvgIpc) is 2.83. The SMILES string of the molecule is OCC1Cc2cc3[nH]ccc3c(Cl)c2O1. The number of aromatic nitrogens is 1. The molecule has 0 bridgehead atoms. The van der Waals surface area contributed by atoms with E-state index >= 15 is 0 Å². The molecule has 1 aromatic heterocycles. The van der Waals surface area contributed by atoms with Crippen molar-refractivity contribution in [1.29, 1.82) is 0 Å². The Bertz CT molecular complexity index is 521. The maximum Gasteiger partial charge on any atom is 0.142 e. The summed E-state index contributed by atoms with van der Waals surface area (Å²) in [5.74, 6) is 0.725. The molecule has 1 unspecified atom stereocenters. The first-order valence-corrected chi connectivity index (χ1v) is 5.23. The predicted molar refractivity (Wildman–Crippen MR) is 58.5 cm³/mol. The molecule has 0 radical (unpaired) electrons. The fraction of sp³-hybridized carbons (Fsp3) is 0.273. The van der Waals surface area contributed by atoms with Crippen LogP contribution in [0.2, 0.25) is 5.02 Å². The van der Waals surface area contributed by atoms with Crippen LogP contribution in [0.5, 0.6) is 5.75 Å². The maximum absolute atomic E-state index is 9.04. The number of aromatic amines is 1. The number of fused-ring (bicyclic) bond motifs is 2. The molecule has 3 nitrogen and oxygen atoms in total. The summed E-state index contributed by atoms with van der Waals surface area (Å²) < 4.78 is 5.57. The van der Waals surface area contributed by atoms with E-state index in [2.05, 4.69) is 4.98 Å². The van der Waals surface area contributed by atoms with Gasteiger partial charge in [0.1, 0.15) is 11.9 Å². The molecule has 2 heterocycles. The number of rotatable bonds is 1. The van der Waals surface area contributed by atoms with Gasteiger partial charge in [-0.2, -0.15) is 0 Å². The van der Waals surface area contributed by atoms with Crippen molar-refractivity contribution >= 4 is 22.5 Å². The summed E-state index contributed by atoms with van der Waals surface area (Å²) in [6, 6.07) is 3.96. The van der Waals surface area contributed by atoms with Crippen molar-refractivity contribution in [3.05, 3.63) is 28.9 Å². The number of H-pyrrole nitrogens is 1. The van der Waals surface area contributed by atoms with E-state index in [1.54, 1.807) is 0 Å². The van der Waals surface area contributed by atoms with Gasteiger partial charge in [-0.3, -0.25) is 0 Å². The first-order chi connectivity index (χ1) is 7.29. The van der Waals surface area contributed by atoms with Crippen LogP contribution in [0, 0.1) is 0 Å². The highest BCUT2D eigenvalue weighted by atomic mass is 35.5. The molecule has 0 fully saturated rings. The van der Waals surface area contributed by atoms with Gasteiger partial charge >= 0.3 is 0 Å². The molecular formula is C11H10ClNO2. The number of benzene rings is 1. The second-order valence-corrected chi connectivity index (χ2v) is 4.12. The van der Waals surface area contributed by atoms with E-state index in [1.165, 1.54) is 0 Å². The van der Waals surface area contributed by atoms with Gasteiger partial charge in [0, 0.05) is 29.1 Å². The van der Waals surface area contributed by atoms with Crippen molar-refractivity contribution in [2.45, 2.75) is 12.5 Å². The molecule has 78 valence electrons. The molecule has 0 spiro atoms. The van der Waals surface area contributed by atoms with Gasteiger partial charge in [0.05, 0.1) is 11.6 Å². The van der Waals surface area contributed by atoms with Gasteiger partial charge < -0.3 is 14.8 Å². The largest absolute Gasteiger partial charge is 0.486 e. The summed E-state index contributed by atoms with van der Waals surface area (Å²) in [4.78, 5) is 3.12. The van der Waals surface area contributed by atoms with Crippen LogP contribution in [0.15, 0.2) is 18.3 Å². The van der Waals surface area contributed by atoms with Crippen LogP contribution in [0.1, 0.15) is 5.56 Å². The Morgan fingerprint density at radius 2 is 2.47 bits per heavy atom. The molecule has 1 aliphatic heterocycles. The van der Waals surface area contributed by atoms with Gasteiger partial charge in [-0.05, 0) is 12.1 Å². The molecule has 1 aliphatic rings. The molecular weight excluding hydrogens is 214 g/mol. The van der Waals surface area contributed by atoms with Gasteiger partial charge in [0.25, 0.3) is 0 Å². The summed E-state index contributed by atoms with van der Waals surface area (Å²) in [6.07, 6.45) is 2.43. The van der Waals surface area contributed by atoms with Crippen LogP contribution < -0.4 is 4.74 Å². The molecule has 0 aliphatic carbocycles. The molecule has 2 aromatic rings. The minimum atomic E-state index is -0.149. The number of hydrogen-bond acceptors (Lipinski definition) is 2. The number of nitrogens with one attached hydrogen (secondary N) is 1. The molecule has 15 heavy (non-hydrogen) atoms. The fourth-order valence-corrected chi connectivity index (χ4v) is 2.36. The quantitative estimate of drug-likeness (QED) is 0.778. The Balaban J connectivity index is 2.21. The Kier molecular flexibility index (Phi) is 1.90. The first-order valence-electron chi connectivity index (χ1n) is 4.85. The Morgan fingerprint density at radius 1 is 1.60 bits per heavy atom. The topological polar surface area (TPSA) is 45.2 Å². The summed E-state index contributed by atoms with van der Waals surface area (Å²) in [5.41, 5.74) is 2.08. The van der Waals surface area contributed by atoms with E-state index in [1.807, 2.05) is 18.3 Å². The summed E-state index contributed by atoms with van der Waals surface area (Å²) in [5, 5.41) is 10.6. The van der Waals surface area contributed by atoms with Crippen molar-refractivity contribution in [1.82, 2.24) is 4.98 Å². The zero-order valence-corrected chi connectivity index (χ0v) is 8.71. The van der Waals surface area contributed by atoms with E-state index in [-0.39, 0.29) is 12.7 Å². The van der Waals surface area contributed by atoms with E-state index in [9.17, 15) is 0 Å². The number of halogens is 1. The molecule has 3 rings (SSSR count). The normalized spacial score (nSPS) is 19.2. The lowest BCUT2D eigenvalue weighted by Crippen LogP contribution is -2.17. The standard InChI is InChI=1S/C11H10ClNO2/c12-10-8-1-2-13-9(8)4-6-3-7(5-14)15-11(6)10/h1-2,4,7,13-14H,3,5H2. The highest BCUT2D eigenvalue weighted by molar-refractivity contribution is 6.37. The Morgan fingerprint density at radius 3 is 3.27 bits per heavy atom. The maximum atomic E-state index is 9.04. The van der Waals surface area contributed by atoms with Crippen molar-refractivity contribution in [3.8, 4) is 5.75 Å². The van der Waals surface area contributed by atoms with E-state index in [0.29, 0.717) is 5.02 Å². The smallest absolute Gasteiger partial charge is 0.142 e. The van der Waals surface area contributed by atoms with Crippen molar-refractivity contribution in [2.24, 2.45) is 0 Å². The Labute approximate surface area is 91.6 Å². The monoisotopic (exact) mass is 223 g/mol. The van der Waals surface area contributed by atoms with Gasteiger partial charge in [-0.15, -0.1) is 0 Å². The van der Waals surface area contributed by atoms with Crippen LogP contribution in [0.4, 0.5) is 0 Å². The lowest BCUT2D eigenvalue weighted by atomic mass is 10.1. The highest BCUT2D eigenvalue weighted by Gasteiger charge is 2.26. The van der Waals surface area contributed by atoms with Crippen molar-refractivity contribution in [2.75, 3.05) is 6.61 Å². The lowest BCUT2D eigenvalue weighted by molar-refractivity contribution is 0.135. The average molecular weight is 224 g/mol. The van der Waals surface area contributed by atoms with Crippen LogP contribution in [-0.4, -0.2) is 22.8 Å². The van der Waals surface area contributed by atoms with Crippen LogP contribution >= 0.6 is 11.6 Å². The third-order valence-corrected chi connectivity index (χ3v) is 3.14. The molecule has 0 saturated carbocycles. The second-order valence-electron chi connectivity index (χ2n) is 3.74. The van der Waals surface area contributed by atoms with E-state index in [4.69, 9.17) is 21.4 Å². The molecule has 0 amide bonds. The number of ether oxygens (including phenoxy) is 1. The van der Waals surface area contributed by atoms with Crippen LogP contribution in [-0.2, 0) is 6.42 Å². The fourth-order valence-electron chi connectivity index (χ4n) is 2.03. The second kappa shape index (κ2) is 3.15. The van der Waals surface area contributed by atoms with E-state index in [0.717, 1.165) is 28.6 Å². The Hall–Kier alpha value is -1.19. The summed E-state index contributed by atoms with van der Waals surface area (Å²) in [7, 11) is 0. The summed E-state index contributed by atoms with van der Waals surface area (Å²) >= 11 is 6.22. The summed E-state index contributed by atoms with van der Waals surface area (Å²) in [6.45, 7) is 0.0267. The predicted octanol–water partition coefficient (Wildman–Crippen LogP) is 2.12. The van der Waals surface area contributed by atoms with Gasteiger partial charge in [0.2, 0.25) is 0 Å². The minimum Gasteiger partial charge on any atom is -0.486 e. The molecule has 1 atom stereocenters. The van der Waals surface area contributed by atoms with Gasteiger partial charge in [-0.25, -0.2) is 0 Å². The minimum absolute atomic E-state index is 0.0267. The number of aliphatic hydroxyl groups is 1. The molecule has 1 aromatic carbocycles. The van der Waals surface area contributed by atoms with Gasteiger partial charge in [-0.1, -0.05) is 11.6 Å². The zero-order valence-electron chi connectivity index (χ0n) is 7.96. The number of aliphatic hydroxyl groups excluding tert-OH is 1. The third-order valence-electron chi connectivity index (χ3n) is 2.76. The molecule has 2 N–H and O–H groups in total. The lowest BCUT2D eigenvalue weighted by Gasteiger charge is -2.07. The van der Waals surface area contributed by atoms with E-state index < -0.39 is 0 Å². The number of hydrogen-bond donors (Lipinski definition) is 2. The third kappa shape index (κ3) is 1.24. The van der Waals surface area contributed by atoms with Crippen molar-refractivity contribution in [3.63, 3.8) is 0 Å². The first kappa shape index (κ1) is 9.07. The van der Waals surface area contributed by atoms with Crippen LogP contribution in [0.25, 0.3) is 10.9 Å². The van der Waals surface area contributed by atoms with Crippen molar-refractivity contribution < 1.29 is 9.84 Å². The zero-order chi connectivity index (χ0) is 10.4. The van der Waals surface area contributed by atoms with Gasteiger partial charge in [0.15, 0.2) is 0 Å². The molecule has 0 saturated heterocycles. The molecule has 4 heteroatoms. The van der Waals surface area contributed by atoms with Crippen LogP contribution in [0.3, 0.4) is 0 Å².